The quantitative estimate of drug-likeness (QED) is 0.273. The summed E-state index contributed by atoms with van der Waals surface area (Å²) in [6.45, 7) is 1.62. The zero-order chi connectivity index (χ0) is 30.8. The van der Waals surface area contributed by atoms with Crippen molar-refractivity contribution in [2.24, 2.45) is 5.41 Å². The number of carbonyl (C=O) groups excluding carboxylic acids is 1. The third kappa shape index (κ3) is 3.62. The Morgan fingerprint density at radius 3 is 2.60 bits per heavy atom. The van der Waals surface area contributed by atoms with Crippen LogP contribution in [0.4, 0.5) is 13.2 Å². The van der Waals surface area contributed by atoms with Crippen molar-refractivity contribution in [1.82, 2.24) is 9.58 Å². The van der Waals surface area contributed by atoms with E-state index in [0.29, 0.717) is 42.9 Å². The van der Waals surface area contributed by atoms with Crippen LogP contribution >= 0.6 is 11.3 Å². The second-order valence-electron chi connectivity index (χ2n) is 12.9. The predicted molar refractivity (Wildman–Crippen MR) is 162 cm³/mol. The second kappa shape index (κ2) is 9.23. The number of aromatic nitrogens is 1. The molecule has 2 atom stereocenters. The minimum atomic E-state index is -3.43. The van der Waals surface area contributed by atoms with E-state index in [9.17, 15) is 14.7 Å². The SMILES string of the molecule is O=C1c2c(O)c(=O)ccn2N(C2c3ccccc3-c3scc4c3-c3c2ccc(F)c3C(F)(F)C4)[C@@H]2CC3(CCOCC3)CCN12. The van der Waals surface area contributed by atoms with E-state index in [1.807, 2.05) is 29.3 Å². The van der Waals surface area contributed by atoms with Crippen LogP contribution in [0.5, 0.6) is 5.75 Å². The first-order valence-corrected chi connectivity index (χ1v) is 16.1. The Balaban J connectivity index is 1.37. The topological polar surface area (TPSA) is 75.0 Å². The number of carbonyl (C=O) groups is 1. The van der Waals surface area contributed by atoms with Gasteiger partial charge in [-0.1, -0.05) is 30.3 Å². The lowest BCUT2D eigenvalue weighted by Gasteiger charge is -2.56. The Morgan fingerprint density at radius 1 is 0.978 bits per heavy atom. The lowest BCUT2D eigenvalue weighted by atomic mass is 9.71. The molecule has 0 bridgehead atoms. The van der Waals surface area contributed by atoms with Crippen molar-refractivity contribution in [2.45, 2.75) is 50.2 Å². The van der Waals surface area contributed by atoms with Crippen LogP contribution in [0.15, 0.2) is 58.8 Å². The molecule has 1 spiro atoms. The Bertz CT molecular complexity index is 2000. The van der Waals surface area contributed by atoms with Crippen molar-refractivity contribution >= 4 is 17.2 Å². The second-order valence-corrected chi connectivity index (χ2v) is 13.7. The molecule has 2 saturated heterocycles. The Labute approximate surface area is 260 Å². The number of pyridine rings is 1. The Kier molecular flexibility index (Phi) is 5.59. The number of fused-ring (bicyclic) bond motifs is 4. The average Bonchev–Trinajstić information content (AvgIpc) is 3.39. The summed E-state index contributed by atoms with van der Waals surface area (Å²) in [5.74, 6) is -5.50. The van der Waals surface area contributed by atoms with Crippen LogP contribution in [-0.4, -0.2) is 46.5 Å². The van der Waals surface area contributed by atoms with Gasteiger partial charge in [-0.25, -0.2) is 13.2 Å². The highest BCUT2D eigenvalue weighted by Gasteiger charge is 2.53. The lowest BCUT2D eigenvalue weighted by molar-refractivity contribution is -0.0430. The van der Waals surface area contributed by atoms with Gasteiger partial charge in [-0.15, -0.1) is 11.3 Å². The molecular formula is C34H28F3N3O4S. The zero-order valence-corrected chi connectivity index (χ0v) is 24.9. The van der Waals surface area contributed by atoms with Gasteiger partial charge in [0.2, 0.25) is 5.43 Å². The molecular weight excluding hydrogens is 603 g/mol. The van der Waals surface area contributed by atoms with Crippen LogP contribution in [0, 0.1) is 11.2 Å². The average molecular weight is 632 g/mol. The monoisotopic (exact) mass is 631 g/mol. The van der Waals surface area contributed by atoms with Crippen LogP contribution in [0.2, 0.25) is 0 Å². The first-order valence-electron chi connectivity index (χ1n) is 15.2. The minimum Gasteiger partial charge on any atom is -0.502 e. The van der Waals surface area contributed by atoms with E-state index in [-0.39, 0.29) is 16.7 Å². The molecule has 2 fully saturated rings. The van der Waals surface area contributed by atoms with Gasteiger partial charge in [-0.05, 0) is 64.8 Å². The van der Waals surface area contributed by atoms with Crippen LogP contribution < -0.4 is 10.4 Å². The Morgan fingerprint density at radius 2 is 1.78 bits per heavy atom. The van der Waals surface area contributed by atoms with Crippen LogP contribution in [0.25, 0.3) is 21.6 Å². The van der Waals surface area contributed by atoms with Crippen molar-refractivity contribution in [3.05, 3.63) is 98.0 Å². The maximum Gasteiger partial charge on any atom is 0.280 e. The first-order chi connectivity index (χ1) is 21.7. The molecule has 11 heteroatoms. The number of alkyl halides is 2. The van der Waals surface area contributed by atoms with Crippen LogP contribution in [0.1, 0.15) is 64.5 Å². The van der Waals surface area contributed by atoms with E-state index < -0.39 is 53.0 Å². The van der Waals surface area contributed by atoms with Crippen LogP contribution in [0.3, 0.4) is 0 Å². The summed E-state index contributed by atoms with van der Waals surface area (Å²) < 4.78 is 54.6. The molecule has 3 aliphatic heterocycles. The van der Waals surface area contributed by atoms with E-state index in [0.717, 1.165) is 41.3 Å². The predicted octanol–water partition coefficient (Wildman–Crippen LogP) is 6.15. The van der Waals surface area contributed by atoms with E-state index in [1.165, 1.54) is 28.3 Å². The molecule has 5 heterocycles. The van der Waals surface area contributed by atoms with Crippen LogP contribution in [-0.2, 0) is 17.1 Å². The number of amides is 1. The number of aromatic hydroxyl groups is 1. The molecule has 1 amide bonds. The van der Waals surface area contributed by atoms with Crippen molar-refractivity contribution in [3.63, 3.8) is 0 Å². The summed E-state index contributed by atoms with van der Waals surface area (Å²) in [7, 11) is 0. The molecule has 5 aliphatic rings. The standard InChI is InChI=1S/C34H28F3N3O4S/c35-22-6-5-21-26-25-18(15-34(36,37)27(22)26)17-45-31(25)20-4-2-1-3-19(20)28(21)40-24-16-33(9-13-44-14-10-33)8-12-38(24)32(43)29-30(42)23(41)7-11-39(29)40/h1-7,11,17,24,28,42H,8-10,12-16H2/t24-,28?/m1/s1. The molecule has 2 aromatic carbocycles. The fourth-order valence-corrected chi connectivity index (χ4v) is 9.61. The first kappa shape index (κ1) is 27.2. The van der Waals surface area contributed by atoms with Gasteiger partial charge >= 0.3 is 0 Å². The molecule has 0 radical (unpaired) electrons. The molecule has 2 aromatic heterocycles. The van der Waals surface area contributed by atoms with Gasteiger partial charge < -0.3 is 14.7 Å². The molecule has 230 valence electrons. The van der Waals surface area contributed by atoms with Crippen molar-refractivity contribution in [2.75, 3.05) is 24.8 Å². The summed E-state index contributed by atoms with van der Waals surface area (Å²) in [4.78, 5) is 29.3. The van der Waals surface area contributed by atoms with E-state index in [1.54, 1.807) is 16.3 Å². The van der Waals surface area contributed by atoms with Gasteiger partial charge in [-0.3, -0.25) is 19.3 Å². The number of thiophene rings is 1. The summed E-state index contributed by atoms with van der Waals surface area (Å²) >= 11 is 1.37. The highest BCUT2D eigenvalue weighted by atomic mass is 32.1. The summed E-state index contributed by atoms with van der Waals surface area (Å²) in [6, 6.07) is 10.9. The summed E-state index contributed by atoms with van der Waals surface area (Å²) in [6.07, 6.45) is 3.32. The normalized spacial score (nSPS) is 23.6. The lowest BCUT2D eigenvalue weighted by Crippen LogP contribution is -2.66. The molecule has 45 heavy (non-hydrogen) atoms. The summed E-state index contributed by atoms with van der Waals surface area (Å²) in [5.41, 5.74) is 1.86. The Hall–Kier alpha value is -4.09. The van der Waals surface area contributed by atoms with Crippen molar-refractivity contribution < 1.29 is 27.8 Å². The highest BCUT2D eigenvalue weighted by Crippen LogP contribution is 2.59. The van der Waals surface area contributed by atoms with Gasteiger partial charge in [0, 0.05) is 54.4 Å². The van der Waals surface area contributed by atoms with Gasteiger partial charge in [0.1, 0.15) is 12.0 Å². The molecule has 9 rings (SSSR count). The molecule has 2 aliphatic carbocycles. The number of rotatable bonds is 1. The zero-order valence-electron chi connectivity index (χ0n) is 24.1. The number of ether oxygens (including phenoxy) is 1. The molecule has 7 nitrogen and oxygen atoms in total. The fraction of sp³-hybridized carbons (Fsp3) is 0.353. The van der Waals surface area contributed by atoms with E-state index in [4.69, 9.17) is 4.74 Å². The number of hydrogen-bond acceptors (Lipinski definition) is 6. The molecule has 1 unspecified atom stereocenters. The maximum atomic E-state index is 15.9. The number of benzene rings is 2. The van der Waals surface area contributed by atoms with Gasteiger partial charge in [0.15, 0.2) is 11.4 Å². The highest BCUT2D eigenvalue weighted by molar-refractivity contribution is 7.14. The maximum absolute atomic E-state index is 15.9. The molecule has 4 aromatic rings. The van der Waals surface area contributed by atoms with Gasteiger partial charge in [-0.2, -0.15) is 0 Å². The smallest absolute Gasteiger partial charge is 0.280 e. The van der Waals surface area contributed by atoms with Gasteiger partial charge in [0.05, 0.1) is 11.6 Å². The fourth-order valence-electron chi connectivity index (χ4n) is 8.49. The summed E-state index contributed by atoms with van der Waals surface area (Å²) in [5, 5.41) is 14.8. The van der Waals surface area contributed by atoms with E-state index in [2.05, 4.69) is 0 Å². The third-order valence-corrected chi connectivity index (χ3v) is 11.7. The molecule has 1 N–H and O–H groups in total. The largest absolute Gasteiger partial charge is 0.502 e. The third-order valence-electron chi connectivity index (χ3n) is 10.6. The number of hydrogen-bond donors (Lipinski definition) is 1. The van der Waals surface area contributed by atoms with Gasteiger partial charge in [0.25, 0.3) is 11.8 Å². The number of piperidine rings is 1. The minimum absolute atomic E-state index is 0.109. The number of halogens is 3. The van der Waals surface area contributed by atoms with Crippen molar-refractivity contribution in [1.29, 1.82) is 0 Å². The number of nitrogens with zero attached hydrogens (tertiary/aromatic N) is 3. The molecule has 0 saturated carbocycles. The van der Waals surface area contributed by atoms with Crippen molar-refractivity contribution in [3.8, 4) is 27.3 Å². The van der Waals surface area contributed by atoms with E-state index >= 15 is 13.2 Å².